The lowest BCUT2D eigenvalue weighted by molar-refractivity contribution is -0.150. The first kappa shape index (κ1) is 27.0. The van der Waals surface area contributed by atoms with Gasteiger partial charge >= 0.3 is 5.97 Å². The van der Waals surface area contributed by atoms with E-state index in [2.05, 4.69) is 38.1 Å². The van der Waals surface area contributed by atoms with E-state index in [-0.39, 0.29) is 5.60 Å². The van der Waals surface area contributed by atoms with Gasteiger partial charge in [-0.3, -0.25) is 14.7 Å². The Morgan fingerprint density at radius 2 is 1.98 bits per heavy atom. The van der Waals surface area contributed by atoms with Crippen molar-refractivity contribution >= 4 is 11.8 Å². The fourth-order valence-corrected chi connectivity index (χ4v) is 6.34. The molecular formula is C31H40N4O5. The molecule has 1 aromatic heterocycles. The van der Waals surface area contributed by atoms with Gasteiger partial charge in [0.25, 0.3) is 0 Å². The van der Waals surface area contributed by atoms with E-state index in [9.17, 15) is 9.90 Å². The molecule has 9 nitrogen and oxygen atoms in total. The second kappa shape index (κ2) is 10.7. The molecule has 0 amide bonds. The third-order valence-electron chi connectivity index (χ3n) is 8.92. The number of nitrogens with zero attached hydrogens (tertiary/aromatic N) is 4. The third-order valence-corrected chi connectivity index (χ3v) is 8.92. The SMILES string of the molecule is CCOc1cc(CN2CC3(CC(N4CCC(C)(C(=O)O)CC4)=NO3)C2)cc(C2CC2)c1-c1ccc(COC)nc1. The number of hydrogen-bond donors (Lipinski definition) is 1. The number of pyridine rings is 1. The second-order valence-corrected chi connectivity index (χ2v) is 12.2. The number of piperidine rings is 1. The van der Waals surface area contributed by atoms with Crippen LogP contribution < -0.4 is 4.74 Å². The van der Waals surface area contributed by atoms with Gasteiger partial charge in [-0.15, -0.1) is 0 Å². The molecule has 2 aromatic rings. The quantitative estimate of drug-likeness (QED) is 0.484. The van der Waals surface area contributed by atoms with Gasteiger partial charge in [0.2, 0.25) is 0 Å². The highest BCUT2D eigenvalue weighted by atomic mass is 16.7. The van der Waals surface area contributed by atoms with Gasteiger partial charge in [0.1, 0.15) is 11.6 Å². The Morgan fingerprint density at radius 3 is 2.60 bits per heavy atom. The van der Waals surface area contributed by atoms with Crippen LogP contribution in [0.15, 0.2) is 35.6 Å². The summed E-state index contributed by atoms with van der Waals surface area (Å²) in [6, 6.07) is 8.73. The first-order valence-electron chi connectivity index (χ1n) is 14.5. The van der Waals surface area contributed by atoms with Crippen LogP contribution in [0.3, 0.4) is 0 Å². The van der Waals surface area contributed by atoms with Crippen LogP contribution in [0.4, 0.5) is 0 Å². The minimum absolute atomic E-state index is 0.263. The highest BCUT2D eigenvalue weighted by molar-refractivity contribution is 5.85. The summed E-state index contributed by atoms with van der Waals surface area (Å²) in [4.78, 5) is 26.8. The summed E-state index contributed by atoms with van der Waals surface area (Å²) in [6.07, 6.45) is 6.41. The molecule has 6 rings (SSSR count). The zero-order chi connectivity index (χ0) is 27.9. The molecule has 40 heavy (non-hydrogen) atoms. The van der Waals surface area contributed by atoms with E-state index < -0.39 is 11.4 Å². The lowest BCUT2D eigenvalue weighted by Gasteiger charge is -2.45. The monoisotopic (exact) mass is 548 g/mol. The van der Waals surface area contributed by atoms with Gasteiger partial charge in [0.15, 0.2) is 5.60 Å². The van der Waals surface area contributed by atoms with Crippen molar-refractivity contribution in [3.63, 3.8) is 0 Å². The smallest absolute Gasteiger partial charge is 0.309 e. The Hall–Kier alpha value is -3.17. The normalized spacial score (nSPS) is 21.6. The number of carboxylic acid groups (broad SMARTS) is 1. The first-order chi connectivity index (χ1) is 19.3. The van der Waals surface area contributed by atoms with Gasteiger partial charge in [-0.05, 0) is 68.7 Å². The zero-order valence-electron chi connectivity index (χ0n) is 23.8. The lowest BCUT2D eigenvalue weighted by atomic mass is 9.80. The molecule has 0 radical (unpaired) electrons. The number of likely N-dealkylation sites (tertiary alicyclic amines) is 2. The average molecular weight is 549 g/mol. The fraction of sp³-hybridized carbons (Fsp3) is 0.581. The summed E-state index contributed by atoms with van der Waals surface area (Å²) in [5, 5.41) is 14.0. The van der Waals surface area contributed by atoms with E-state index in [1.165, 1.54) is 29.5 Å². The minimum Gasteiger partial charge on any atom is -0.493 e. The molecule has 1 N–H and O–H groups in total. The first-order valence-corrected chi connectivity index (χ1v) is 14.5. The van der Waals surface area contributed by atoms with Crippen LogP contribution in [0.25, 0.3) is 11.1 Å². The molecule has 1 aliphatic carbocycles. The Bertz CT molecular complexity index is 1280. The van der Waals surface area contributed by atoms with Gasteiger partial charge in [-0.25, -0.2) is 0 Å². The summed E-state index contributed by atoms with van der Waals surface area (Å²) < 4.78 is 11.4. The number of ether oxygens (including phenoxy) is 2. The molecule has 1 aromatic carbocycles. The molecule has 3 fully saturated rings. The maximum Gasteiger partial charge on any atom is 0.309 e. The predicted octanol–water partition coefficient (Wildman–Crippen LogP) is 4.65. The van der Waals surface area contributed by atoms with Gasteiger partial charge < -0.3 is 24.3 Å². The molecule has 214 valence electrons. The van der Waals surface area contributed by atoms with Crippen LogP contribution in [0, 0.1) is 5.41 Å². The molecule has 4 heterocycles. The Kier molecular flexibility index (Phi) is 7.21. The maximum absolute atomic E-state index is 11.6. The van der Waals surface area contributed by atoms with Crippen LogP contribution in [-0.2, 0) is 27.5 Å². The van der Waals surface area contributed by atoms with Crippen molar-refractivity contribution in [1.29, 1.82) is 0 Å². The van der Waals surface area contributed by atoms with Gasteiger partial charge in [0.05, 0.1) is 30.7 Å². The Morgan fingerprint density at radius 1 is 1.20 bits per heavy atom. The third kappa shape index (κ3) is 5.29. The summed E-state index contributed by atoms with van der Waals surface area (Å²) in [5.41, 5.74) is 4.89. The highest BCUT2D eigenvalue weighted by Crippen LogP contribution is 2.48. The number of oxime groups is 1. The van der Waals surface area contributed by atoms with E-state index in [4.69, 9.17) is 14.3 Å². The fourth-order valence-electron chi connectivity index (χ4n) is 6.34. The molecule has 1 saturated carbocycles. The van der Waals surface area contributed by atoms with Gasteiger partial charge in [-0.1, -0.05) is 17.3 Å². The van der Waals surface area contributed by atoms with Gasteiger partial charge in [0, 0.05) is 57.2 Å². The molecule has 1 spiro atoms. The summed E-state index contributed by atoms with van der Waals surface area (Å²) in [6.45, 7) is 8.92. The van der Waals surface area contributed by atoms with Crippen LogP contribution in [0.1, 0.15) is 68.7 Å². The summed E-state index contributed by atoms with van der Waals surface area (Å²) in [7, 11) is 1.68. The van der Waals surface area contributed by atoms with E-state index in [0.717, 1.165) is 48.9 Å². The molecule has 0 atom stereocenters. The van der Waals surface area contributed by atoms with Crippen LogP contribution >= 0.6 is 0 Å². The van der Waals surface area contributed by atoms with Crippen molar-refractivity contribution in [2.24, 2.45) is 10.6 Å². The zero-order valence-corrected chi connectivity index (χ0v) is 23.8. The largest absolute Gasteiger partial charge is 0.493 e. The highest BCUT2D eigenvalue weighted by Gasteiger charge is 2.51. The van der Waals surface area contributed by atoms with Crippen LogP contribution in [-0.4, -0.2) is 77.2 Å². The minimum atomic E-state index is -0.704. The number of aliphatic carboxylic acids is 1. The number of benzene rings is 1. The molecule has 0 unspecified atom stereocenters. The lowest BCUT2D eigenvalue weighted by Crippen LogP contribution is -2.61. The number of aromatic nitrogens is 1. The molecule has 4 aliphatic rings. The van der Waals surface area contributed by atoms with E-state index >= 15 is 0 Å². The van der Waals surface area contributed by atoms with Crippen molar-refractivity contribution in [2.45, 2.75) is 70.6 Å². The topological polar surface area (TPSA) is 96.7 Å². The number of amidine groups is 1. The molecule has 2 saturated heterocycles. The molecular weight excluding hydrogens is 508 g/mol. The van der Waals surface area contributed by atoms with E-state index in [1.807, 2.05) is 26.1 Å². The second-order valence-electron chi connectivity index (χ2n) is 12.2. The van der Waals surface area contributed by atoms with Crippen molar-refractivity contribution in [2.75, 3.05) is 39.9 Å². The molecule has 3 aliphatic heterocycles. The number of hydrogen-bond acceptors (Lipinski definition) is 8. The maximum atomic E-state index is 11.6. The summed E-state index contributed by atoms with van der Waals surface area (Å²) in [5.74, 6) is 1.76. The van der Waals surface area contributed by atoms with Crippen LogP contribution in [0.2, 0.25) is 0 Å². The van der Waals surface area contributed by atoms with E-state index in [1.54, 1.807) is 7.11 Å². The number of methoxy groups -OCH3 is 1. The summed E-state index contributed by atoms with van der Waals surface area (Å²) >= 11 is 0. The van der Waals surface area contributed by atoms with Crippen LogP contribution in [0.5, 0.6) is 5.75 Å². The number of carbonyl (C=O) groups is 1. The number of rotatable bonds is 9. The standard InChI is InChI=1S/C31H40N4O5/c1-4-39-26-14-21(13-25(22-5-6-22)28(26)23-7-8-24(18-38-3)32-16-23)17-34-19-31(20-34)15-27(33-40-31)35-11-9-30(2,10-12-35)29(36)37/h7-8,13-14,16,22H,4-6,9-12,15,17-20H2,1-3H3,(H,36,37). The predicted molar refractivity (Wildman–Crippen MR) is 151 cm³/mol. The van der Waals surface area contributed by atoms with Crippen molar-refractivity contribution < 1.29 is 24.2 Å². The van der Waals surface area contributed by atoms with Crippen molar-refractivity contribution in [3.05, 3.63) is 47.3 Å². The Balaban J connectivity index is 1.12. The van der Waals surface area contributed by atoms with Gasteiger partial charge in [-0.2, -0.15) is 0 Å². The average Bonchev–Trinajstić information content (AvgIpc) is 3.68. The Labute approximate surface area is 236 Å². The number of carboxylic acids is 1. The van der Waals surface area contributed by atoms with Crippen molar-refractivity contribution in [1.82, 2.24) is 14.8 Å². The molecule has 9 heteroatoms. The van der Waals surface area contributed by atoms with E-state index in [0.29, 0.717) is 45.1 Å². The van der Waals surface area contributed by atoms with Crippen molar-refractivity contribution in [3.8, 4) is 16.9 Å². The molecule has 0 bridgehead atoms.